The normalized spacial score (nSPS) is 16.9. The van der Waals surface area contributed by atoms with Gasteiger partial charge < -0.3 is 0 Å². The van der Waals surface area contributed by atoms with Gasteiger partial charge in [0.2, 0.25) is 0 Å². The van der Waals surface area contributed by atoms with Crippen molar-refractivity contribution in [2.24, 2.45) is 0 Å². The van der Waals surface area contributed by atoms with Gasteiger partial charge in [-0.25, -0.2) is 4.57 Å². The van der Waals surface area contributed by atoms with E-state index in [9.17, 15) is 0 Å². The predicted octanol–water partition coefficient (Wildman–Crippen LogP) is 2.32. The van der Waals surface area contributed by atoms with Crippen LogP contribution < -0.4 is 4.57 Å². The second kappa shape index (κ2) is 4.54. The standard InChI is InChI=1S/C14H23N2/c1-11(2)15-9-7-14-13(10-15)6-5-8-16(14)12(3)4/h5-6,8,11-12H,7,9-10H2,1-4H3/q+1. The molecule has 0 N–H and O–H groups in total. The largest absolute Gasteiger partial charge is 0.296 e. The van der Waals surface area contributed by atoms with Crippen molar-refractivity contribution in [1.29, 1.82) is 0 Å². The molecule has 0 fully saturated rings. The molecule has 0 aromatic carbocycles. The van der Waals surface area contributed by atoms with E-state index in [1.807, 2.05) is 0 Å². The van der Waals surface area contributed by atoms with Crippen molar-refractivity contribution in [1.82, 2.24) is 4.90 Å². The van der Waals surface area contributed by atoms with Crippen molar-refractivity contribution in [3.05, 3.63) is 29.6 Å². The summed E-state index contributed by atoms with van der Waals surface area (Å²) >= 11 is 0. The van der Waals surface area contributed by atoms with Gasteiger partial charge in [0.05, 0.1) is 0 Å². The van der Waals surface area contributed by atoms with Crippen molar-refractivity contribution in [2.45, 2.75) is 52.7 Å². The maximum absolute atomic E-state index is 2.55. The van der Waals surface area contributed by atoms with Gasteiger partial charge in [0.1, 0.15) is 0 Å². The molecule has 0 amide bonds. The molecule has 0 radical (unpaired) electrons. The third-order valence-electron chi connectivity index (χ3n) is 3.52. The van der Waals surface area contributed by atoms with Gasteiger partial charge in [-0.1, -0.05) is 0 Å². The van der Waals surface area contributed by atoms with Crippen LogP contribution in [0.5, 0.6) is 0 Å². The molecule has 0 unspecified atom stereocenters. The van der Waals surface area contributed by atoms with E-state index >= 15 is 0 Å². The number of rotatable bonds is 2. The lowest BCUT2D eigenvalue weighted by molar-refractivity contribution is -0.723. The summed E-state index contributed by atoms with van der Waals surface area (Å²) < 4.78 is 2.42. The van der Waals surface area contributed by atoms with Crippen LogP contribution in [0.15, 0.2) is 18.3 Å². The Morgan fingerprint density at radius 3 is 2.62 bits per heavy atom. The van der Waals surface area contributed by atoms with Crippen molar-refractivity contribution >= 4 is 0 Å². The Hall–Kier alpha value is -0.890. The molecule has 0 aliphatic carbocycles. The molecule has 1 aliphatic heterocycles. The van der Waals surface area contributed by atoms with Crippen LogP contribution in [0, 0.1) is 0 Å². The molecule has 0 saturated carbocycles. The van der Waals surface area contributed by atoms with Gasteiger partial charge in [0.25, 0.3) is 0 Å². The zero-order valence-corrected chi connectivity index (χ0v) is 10.9. The maximum atomic E-state index is 2.55. The molecule has 0 spiro atoms. The monoisotopic (exact) mass is 219 g/mol. The smallest absolute Gasteiger partial charge is 0.187 e. The summed E-state index contributed by atoms with van der Waals surface area (Å²) in [7, 11) is 0. The summed E-state index contributed by atoms with van der Waals surface area (Å²) in [6.45, 7) is 11.4. The average molecular weight is 219 g/mol. The summed E-state index contributed by atoms with van der Waals surface area (Å²) in [4.78, 5) is 2.55. The molecule has 2 nitrogen and oxygen atoms in total. The second-order valence-corrected chi connectivity index (χ2v) is 5.30. The van der Waals surface area contributed by atoms with E-state index in [1.54, 1.807) is 0 Å². The fourth-order valence-electron chi connectivity index (χ4n) is 2.51. The van der Waals surface area contributed by atoms with Gasteiger partial charge in [0.15, 0.2) is 17.9 Å². The minimum Gasteiger partial charge on any atom is -0.296 e. The van der Waals surface area contributed by atoms with Gasteiger partial charge in [0, 0.05) is 37.2 Å². The Kier molecular flexibility index (Phi) is 3.29. The third-order valence-corrected chi connectivity index (χ3v) is 3.52. The Labute approximate surface area is 98.9 Å². The van der Waals surface area contributed by atoms with E-state index in [-0.39, 0.29) is 0 Å². The quantitative estimate of drug-likeness (QED) is 0.692. The van der Waals surface area contributed by atoms with E-state index in [1.165, 1.54) is 24.2 Å². The number of aromatic nitrogens is 1. The van der Waals surface area contributed by atoms with Crippen LogP contribution in [0.2, 0.25) is 0 Å². The van der Waals surface area contributed by atoms with Crippen LogP contribution in [0.25, 0.3) is 0 Å². The highest BCUT2D eigenvalue weighted by Gasteiger charge is 2.25. The number of fused-ring (bicyclic) bond motifs is 1. The van der Waals surface area contributed by atoms with Gasteiger partial charge >= 0.3 is 0 Å². The zero-order valence-electron chi connectivity index (χ0n) is 10.9. The van der Waals surface area contributed by atoms with E-state index in [0.717, 1.165) is 6.54 Å². The predicted molar refractivity (Wildman–Crippen MR) is 66.3 cm³/mol. The Morgan fingerprint density at radius 2 is 2.00 bits per heavy atom. The van der Waals surface area contributed by atoms with E-state index in [4.69, 9.17) is 0 Å². The lowest BCUT2D eigenvalue weighted by atomic mass is 10.0. The summed E-state index contributed by atoms with van der Waals surface area (Å²) in [5.41, 5.74) is 3.05. The molecule has 88 valence electrons. The molecule has 0 saturated heterocycles. The van der Waals surface area contributed by atoms with Crippen LogP contribution in [-0.2, 0) is 13.0 Å². The van der Waals surface area contributed by atoms with Crippen LogP contribution in [0.3, 0.4) is 0 Å². The van der Waals surface area contributed by atoms with Crippen LogP contribution in [0.4, 0.5) is 0 Å². The second-order valence-electron chi connectivity index (χ2n) is 5.30. The van der Waals surface area contributed by atoms with Gasteiger partial charge in [-0.15, -0.1) is 0 Å². The number of pyridine rings is 1. The van der Waals surface area contributed by atoms with Crippen molar-refractivity contribution in [3.63, 3.8) is 0 Å². The first-order chi connectivity index (χ1) is 7.59. The maximum Gasteiger partial charge on any atom is 0.187 e. The summed E-state index contributed by atoms with van der Waals surface area (Å²) in [6, 6.07) is 5.69. The molecule has 1 aliphatic rings. The molecular formula is C14H23N2+. The fourth-order valence-corrected chi connectivity index (χ4v) is 2.51. The summed E-state index contributed by atoms with van der Waals surface area (Å²) in [5, 5.41) is 0. The van der Waals surface area contributed by atoms with E-state index < -0.39 is 0 Å². The number of hydrogen-bond acceptors (Lipinski definition) is 1. The van der Waals surface area contributed by atoms with E-state index in [2.05, 4.69) is 55.5 Å². The Bertz CT molecular complexity index is 369. The molecule has 1 aromatic rings. The molecule has 1 aromatic heterocycles. The average Bonchev–Trinajstić information content (AvgIpc) is 2.27. The van der Waals surface area contributed by atoms with E-state index in [0.29, 0.717) is 12.1 Å². The molecule has 2 heterocycles. The fraction of sp³-hybridized carbons (Fsp3) is 0.643. The first-order valence-corrected chi connectivity index (χ1v) is 6.35. The minimum absolute atomic E-state index is 0.570. The molecule has 16 heavy (non-hydrogen) atoms. The number of nitrogens with zero attached hydrogens (tertiary/aromatic N) is 2. The summed E-state index contributed by atoms with van der Waals surface area (Å²) in [6.07, 6.45) is 3.40. The molecule has 2 rings (SSSR count). The first kappa shape index (κ1) is 11.6. The SMILES string of the molecule is CC(C)N1CCc2c(ccc[n+]2C(C)C)C1. The van der Waals surface area contributed by atoms with Crippen molar-refractivity contribution in [2.75, 3.05) is 6.54 Å². The van der Waals surface area contributed by atoms with Crippen LogP contribution in [0.1, 0.15) is 45.0 Å². The highest BCUT2D eigenvalue weighted by Crippen LogP contribution is 2.18. The third kappa shape index (κ3) is 2.12. The van der Waals surface area contributed by atoms with Crippen molar-refractivity contribution < 1.29 is 4.57 Å². The Balaban J connectivity index is 2.31. The topological polar surface area (TPSA) is 7.12 Å². The highest BCUT2D eigenvalue weighted by atomic mass is 15.2. The molecule has 0 atom stereocenters. The lowest BCUT2D eigenvalue weighted by Crippen LogP contribution is -2.46. The van der Waals surface area contributed by atoms with Gasteiger partial charge in [-0.05, 0) is 33.8 Å². The Morgan fingerprint density at radius 1 is 1.25 bits per heavy atom. The van der Waals surface area contributed by atoms with Crippen LogP contribution in [-0.4, -0.2) is 17.5 Å². The highest BCUT2D eigenvalue weighted by molar-refractivity contribution is 5.18. The zero-order chi connectivity index (χ0) is 11.7. The summed E-state index contributed by atoms with van der Waals surface area (Å²) in [5.74, 6) is 0. The van der Waals surface area contributed by atoms with Crippen molar-refractivity contribution in [3.8, 4) is 0 Å². The number of hydrogen-bond donors (Lipinski definition) is 0. The van der Waals surface area contributed by atoms with Gasteiger partial charge in [-0.3, -0.25) is 4.90 Å². The first-order valence-electron chi connectivity index (χ1n) is 6.35. The van der Waals surface area contributed by atoms with Crippen LogP contribution >= 0.6 is 0 Å². The van der Waals surface area contributed by atoms with Gasteiger partial charge in [-0.2, -0.15) is 0 Å². The molecule has 0 bridgehead atoms. The lowest BCUT2D eigenvalue weighted by Gasteiger charge is -2.30. The molecular weight excluding hydrogens is 196 g/mol. The minimum atomic E-state index is 0.570. The molecule has 2 heteroatoms.